The van der Waals surface area contributed by atoms with Crippen LogP contribution in [0.2, 0.25) is 0 Å². The predicted octanol–water partition coefficient (Wildman–Crippen LogP) is 1.23. The summed E-state index contributed by atoms with van der Waals surface area (Å²) in [5, 5.41) is 0. The molecule has 0 spiro atoms. The standard InChI is InChI=1S/C3H2BF3/c4-2-1-3(5,6)7/h1-2H/b2-1+. The summed E-state index contributed by atoms with van der Waals surface area (Å²) in [4.78, 5) is 0. The van der Waals surface area contributed by atoms with Crippen LogP contribution in [0, 0.1) is 0 Å². The second-order valence-corrected chi connectivity index (χ2v) is 0.901. The molecule has 0 aromatic carbocycles. The van der Waals surface area contributed by atoms with Crippen LogP contribution in [0.5, 0.6) is 0 Å². The van der Waals surface area contributed by atoms with Crippen molar-refractivity contribution in [2.45, 2.75) is 6.18 Å². The van der Waals surface area contributed by atoms with E-state index in [1.807, 2.05) is 0 Å². The first-order chi connectivity index (χ1) is 3.06. The van der Waals surface area contributed by atoms with Gasteiger partial charge >= 0.3 is 6.18 Å². The summed E-state index contributed by atoms with van der Waals surface area (Å²) in [5.74, 6) is 0.458. The summed E-state index contributed by atoms with van der Waals surface area (Å²) in [7, 11) is 4.41. The zero-order chi connectivity index (χ0) is 5.91. The molecular weight excluding hydrogens is 104 g/mol. The zero-order valence-electron chi connectivity index (χ0n) is 3.37. The van der Waals surface area contributed by atoms with Crippen molar-refractivity contribution in [3.05, 3.63) is 12.1 Å². The Labute approximate surface area is 40.4 Å². The van der Waals surface area contributed by atoms with Crippen molar-refractivity contribution in [2.24, 2.45) is 0 Å². The Morgan fingerprint density at radius 2 is 1.71 bits per heavy atom. The molecule has 0 aliphatic carbocycles. The first-order valence-corrected chi connectivity index (χ1v) is 1.52. The van der Waals surface area contributed by atoms with Gasteiger partial charge in [-0.3, -0.25) is 0 Å². The Balaban J connectivity index is 3.56. The number of rotatable bonds is 0. The summed E-state index contributed by atoms with van der Waals surface area (Å²) < 4.78 is 32.7. The number of allylic oxidation sites excluding steroid dienone is 1. The lowest BCUT2D eigenvalue weighted by Crippen LogP contribution is -1.99. The van der Waals surface area contributed by atoms with Crippen LogP contribution in [0.4, 0.5) is 13.2 Å². The van der Waals surface area contributed by atoms with Crippen LogP contribution in [0.1, 0.15) is 0 Å². The maximum absolute atomic E-state index is 10.9. The molecule has 0 rings (SSSR count). The van der Waals surface area contributed by atoms with E-state index in [1.54, 1.807) is 0 Å². The number of halogens is 3. The smallest absolute Gasteiger partial charge is 0.167 e. The van der Waals surface area contributed by atoms with E-state index in [0.29, 0.717) is 5.98 Å². The lowest BCUT2D eigenvalue weighted by atomic mass is 10.1. The van der Waals surface area contributed by atoms with Crippen LogP contribution in [0.3, 0.4) is 0 Å². The summed E-state index contributed by atoms with van der Waals surface area (Å²) in [6.07, 6.45) is -4.29. The first kappa shape index (κ1) is 6.59. The van der Waals surface area contributed by atoms with Crippen molar-refractivity contribution < 1.29 is 13.2 Å². The second kappa shape index (κ2) is 2.05. The van der Waals surface area contributed by atoms with Gasteiger partial charge in [-0.1, -0.05) is 0 Å². The Kier molecular flexibility index (Phi) is 1.93. The van der Waals surface area contributed by atoms with Crippen LogP contribution in [0.25, 0.3) is 0 Å². The zero-order valence-corrected chi connectivity index (χ0v) is 3.37. The highest BCUT2D eigenvalue weighted by molar-refractivity contribution is 6.17. The van der Waals surface area contributed by atoms with Crippen LogP contribution in [-0.4, -0.2) is 14.0 Å². The highest BCUT2D eigenvalue weighted by atomic mass is 19.4. The van der Waals surface area contributed by atoms with E-state index >= 15 is 0 Å². The molecule has 0 heterocycles. The van der Waals surface area contributed by atoms with E-state index < -0.39 is 6.18 Å². The minimum absolute atomic E-state index is 0.0347. The van der Waals surface area contributed by atoms with Gasteiger partial charge in [0.25, 0.3) is 0 Å². The molecule has 0 atom stereocenters. The van der Waals surface area contributed by atoms with Gasteiger partial charge in [0.05, 0.1) is 0 Å². The Morgan fingerprint density at radius 1 is 1.29 bits per heavy atom. The van der Waals surface area contributed by atoms with Gasteiger partial charge in [0, 0.05) is 6.08 Å². The van der Waals surface area contributed by atoms with Gasteiger partial charge in [0.15, 0.2) is 0 Å². The van der Waals surface area contributed by atoms with E-state index in [0.717, 1.165) is 0 Å². The molecule has 0 N–H and O–H groups in total. The maximum Gasteiger partial charge on any atom is 0.408 e. The molecule has 0 fully saturated rings. The highest BCUT2D eigenvalue weighted by Gasteiger charge is 2.20. The van der Waals surface area contributed by atoms with Crippen molar-refractivity contribution in [1.82, 2.24) is 0 Å². The maximum atomic E-state index is 10.9. The second-order valence-electron chi connectivity index (χ2n) is 0.901. The average Bonchev–Trinajstić information content (AvgIpc) is 1.30. The van der Waals surface area contributed by atoms with Crippen LogP contribution >= 0.6 is 0 Å². The van der Waals surface area contributed by atoms with Crippen molar-refractivity contribution in [3.63, 3.8) is 0 Å². The molecule has 7 heavy (non-hydrogen) atoms. The van der Waals surface area contributed by atoms with E-state index in [1.165, 1.54) is 0 Å². The summed E-state index contributed by atoms with van der Waals surface area (Å²) in [6, 6.07) is 0. The first-order valence-electron chi connectivity index (χ1n) is 1.52. The number of hydrogen-bond acceptors (Lipinski definition) is 0. The molecule has 0 aliphatic heterocycles. The molecule has 38 valence electrons. The van der Waals surface area contributed by atoms with Crippen LogP contribution in [0.15, 0.2) is 12.1 Å². The van der Waals surface area contributed by atoms with Gasteiger partial charge in [-0.15, -0.1) is 5.98 Å². The minimum atomic E-state index is -4.26. The molecule has 0 bridgehead atoms. The highest BCUT2D eigenvalue weighted by Crippen LogP contribution is 2.14. The fourth-order valence-corrected chi connectivity index (χ4v) is 0.109. The normalized spacial score (nSPS) is 13.0. The van der Waals surface area contributed by atoms with Crippen molar-refractivity contribution in [3.8, 4) is 0 Å². The lowest BCUT2D eigenvalue weighted by molar-refractivity contribution is -0.0796. The van der Waals surface area contributed by atoms with Gasteiger partial charge < -0.3 is 0 Å². The fraction of sp³-hybridized carbons (Fsp3) is 0.333. The molecule has 0 amide bonds. The Morgan fingerprint density at radius 3 is 1.71 bits per heavy atom. The Hall–Kier alpha value is -0.405. The van der Waals surface area contributed by atoms with Crippen molar-refractivity contribution in [1.29, 1.82) is 0 Å². The topological polar surface area (TPSA) is 0 Å². The van der Waals surface area contributed by atoms with Gasteiger partial charge in [-0.25, -0.2) is 0 Å². The number of hydrogen-bond donors (Lipinski definition) is 0. The third kappa shape index (κ3) is 5.59. The summed E-state index contributed by atoms with van der Waals surface area (Å²) >= 11 is 0. The largest absolute Gasteiger partial charge is 0.408 e. The monoisotopic (exact) mass is 106 g/mol. The van der Waals surface area contributed by atoms with Crippen LogP contribution < -0.4 is 0 Å². The molecule has 0 aromatic heterocycles. The molecular formula is C3H2BF3. The molecule has 2 radical (unpaired) electrons. The lowest BCUT2D eigenvalue weighted by Gasteiger charge is -1.93. The molecule has 0 aromatic rings. The minimum Gasteiger partial charge on any atom is -0.167 e. The van der Waals surface area contributed by atoms with E-state index in [4.69, 9.17) is 0 Å². The third-order valence-corrected chi connectivity index (χ3v) is 0.285. The number of alkyl halides is 3. The molecule has 0 aliphatic rings. The fourth-order valence-electron chi connectivity index (χ4n) is 0.109. The predicted molar refractivity (Wildman–Crippen MR) is 20.9 cm³/mol. The Bertz CT molecular complexity index is 72.7. The van der Waals surface area contributed by atoms with E-state index in [9.17, 15) is 13.2 Å². The molecule has 0 nitrogen and oxygen atoms in total. The van der Waals surface area contributed by atoms with Gasteiger partial charge in [0.2, 0.25) is 0 Å². The quantitative estimate of drug-likeness (QED) is 0.407. The SMILES string of the molecule is [B]/C=C/C(F)(F)F. The van der Waals surface area contributed by atoms with E-state index in [-0.39, 0.29) is 6.08 Å². The molecule has 4 heteroatoms. The average molecular weight is 106 g/mol. The van der Waals surface area contributed by atoms with Crippen molar-refractivity contribution in [2.75, 3.05) is 0 Å². The van der Waals surface area contributed by atoms with Gasteiger partial charge in [0.1, 0.15) is 7.85 Å². The molecule has 0 saturated carbocycles. The van der Waals surface area contributed by atoms with Gasteiger partial charge in [-0.05, 0) is 0 Å². The molecule has 0 saturated heterocycles. The van der Waals surface area contributed by atoms with Gasteiger partial charge in [-0.2, -0.15) is 13.2 Å². The summed E-state index contributed by atoms with van der Waals surface area (Å²) in [6.45, 7) is 0. The van der Waals surface area contributed by atoms with Crippen LogP contribution in [-0.2, 0) is 0 Å². The summed E-state index contributed by atoms with van der Waals surface area (Å²) in [5.41, 5.74) is 0. The van der Waals surface area contributed by atoms with Crippen molar-refractivity contribution >= 4 is 7.85 Å². The third-order valence-electron chi connectivity index (χ3n) is 0.285. The van der Waals surface area contributed by atoms with E-state index in [2.05, 4.69) is 7.85 Å². The molecule has 0 unspecified atom stereocenters.